The Bertz CT molecular complexity index is 381. The molecule has 0 aliphatic rings. The van der Waals surface area contributed by atoms with E-state index in [9.17, 15) is 0 Å². The number of benzene rings is 1. The Hall–Kier alpha value is -1.06. The van der Waals surface area contributed by atoms with Gasteiger partial charge in [-0.2, -0.15) is 0 Å². The Balaban J connectivity index is 2.33. The van der Waals surface area contributed by atoms with Crippen LogP contribution in [0.4, 0.5) is 0 Å². The molecule has 1 rings (SSSR count). The van der Waals surface area contributed by atoms with Crippen LogP contribution in [-0.2, 0) is 6.54 Å². The first-order chi connectivity index (χ1) is 10.2. The van der Waals surface area contributed by atoms with Gasteiger partial charge < -0.3 is 15.0 Å². The highest BCUT2D eigenvalue weighted by molar-refractivity contribution is 5.28. The van der Waals surface area contributed by atoms with E-state index in [0.717, 1.165) is 32.0 Å². The van der Waals surface area contributed by atoms with Crippen LogP contribution in [0.5, 0.6) is 5.75 Å². The van der Waals surface area contributed by atoms with Gasteiger partial charge in [0.15, 0.2) is 0 Å². The van der Waals surface area contributed by atoms with E-state index in [1.165, 1.54) is 24.8 Å². The predicted molar refractivity (Wildman–Crippen MR) is 90.9 cm³/mol. The van der Waals surface area contributed by atoms with Crippen molar-refractivity contribution in [3.63, 3.8) is 0 Å². The van der Waals surface area contributed by atoms with Crippen molar-refractivity contribution in [2.45, 2.75) is 52.6 Å². The zero-order valence-electron chi connectivity index (χ0n) is 14.2. The second kappa shape index (κ2) is 10.6. The van der Waals surface area contributed by atoms with Gasteiger partial charge in [0, 0.05) is 19.1 Å². The standard InChI is InChI=1S/C18H32N2O/c1-5-8-16(3)20(4)12-13-21-18-10-7-9-17(14-18)15-19-11-6-2/h7,9-10,14,16,19H,5-6,8,11-13,15H2,1-4H3. The maximum Gasteiger partial charge on any atom is 0.119 e. The van der Waals surface area contributed by atoms with Crippen LogP contribution in [0.2, 0.25) is 0 Å². The lowest BCUT2D eigenvalue weighted by Crippen LogP contribution is -2.32. The molecule has 0 bridgehead atoms. The third kappa shape index (κ3) is 7.49. The number of ether oxygens (including phenoxy) is 1. The van der Waals surface area contributed by atoms with Gasteiger partial charge in [-0.3, -0.25) is 0 Å². The molecule has 1 atom stereocenters. The first-order valence-corrected chi connectivity index (χ1v) is 8.30. The molecule has 0 aromatic heterocycles. The maximum atomic E-state index is 5.88. The molecule has 0 fully saturated rings. The minimum Gasteiger partial charge on any atom is -0.492 e. The summed E-state index contributed by atoms with van der Waals surface area (Å²) in [6.07, 6.45) is 3.65. The largest absolute Gasteiger partial charge is 0.492 e. The third-order valence-electron chi connectivity index (χ3n) is 3.83. The molecule has 0 saturated carbocycles. The number of likely N-dealkylation sites (N-methyl/N-ethyl adjacent to an activating group) is 1. The van der Waals surface area contributed by atoms with Gasteiger partial charge in [-0.15, -0.1) is 0 Å². The van der Waals surface area contributed by atoms with Gasteiger partial charge in [0.2, 0.25) is 0 Å². The zero-order chi connectivity index (χ0) is 15.5. The molecule has 21 heavy (non-hydrogen) atoms. The van der Waals surface area contributed by atoms with E-state index in [2.05, 4.69) is 56.2 Å². The Morgan fingerprint density at radius 1 is 1.24 bits per heavy atom. The molecule has 0 radical (unpaired) electrons. The first kappa shape index (κ1) is 18.0. The summed E-state index contributed by atoms with van der Waals surface area (Å²) < 4.78 is 5.88. The fourth-order valence-corrected chi connectivity index (χ4v) is 2.32. The summed E-state index contributed by atoms with van der Waals surface area (Å²) in [5, 5.41) is 3.42. The van der Waals surface area contributed by atoms with E-state index in [0.29, 0.717) is 6.04 Å². The van der Waals surface area contributed by atoms with Crippen LogP contribution >= 0.6 is 0 Å². The molecule has 3 heteroatoms. The molecule has 0 heterocycles. The van der Waals surface area contributed by atoms with E-state index in [1.807, 2.05) is 6.07 Å². The summed E-state index contributed by atoms with van der Waals surface area (Å²) in [6, 6.07) is 9.02. The number of nitrogens with one attached hydrogen (secondary N) is 1. The van der Waals surface area contributed by atoms with E-state index in [-0.39, 0.29) is 0 Å². The lowest BCUT2D eigenvalue weighted by molar-refractivity contribution is 0.193. The molecule has 0 aliphatic heterocycles. The van der Waals surface area contributed by atoms with E-state index < -0.39 is 0 Å². The van der Waals surface area contributed by atoms with Crippen molar-refractivity contribution in [1.29, 1.82) is 0 Å². The van der Waals surface area contributed by atoms with E-state index in [1.54, 1.807) is 0 Å². The summed E-state index contributed by atoms with van der Waals surface area (Å²) in [6.45, 7) is 10.4. The molecule has 0 amide bonds. The molecule has 1 aromatic rings. The summed E-state index contributed by atoms with van der Waals surface area (Å²) in [7, 11) is 2.18. The first-order valence-electron chi connectivity index (χ1n) is 8.30. The Kier molecular flexibility index (Phi) is 9.11. The average molecular weight is 292 g/mol. The Labute approximate surface area is 130 Å². The topological polar surface area (TPSA) is 24.5 Å². The van der Waals surface area contributed by atoms with E-state index >= 15 is 0 Å². The van der Waals surface area contributed by atoms with Gasteiger partial charge >= 0.3 is 0 Å². The second-order valence-corrected chi connectivity index (χ2v) is 5.79. The highest BCUT2D eigenvalue weighted by Gasteiger charge is 2.07. The normalized spacial score (nSPS) is 12.6. The summed E-state index contributed by atoms with van der Waals surface area (Å²) in [5.41, 5.74) is 1.29. The molecule has 0 spiro atoms. The van der Waals surface area contributed by atoms with Crippen LogP contribution in [0.25, 0.3) is 0 Å². The number of nitrogens with zero attached hydrogens (tertiary/aromatic N) is 1. The summed E-state index contributed by atoms with van der Waals surface area (Å²) >= 11 is 0. The maximum absolute atomic E-state index is 5.88. The molecule has 0 aliphatic carbocycles. The van der Waals surface area contributed by atoms with Gasteiger partial charge in [-0.1, -0.05) is 32.4 Å². The minimum atomic E-state index is 0.628. The molecule has 120 valence electrons. The van der Waals surface area contributed by atoms with Gasteiger partial charge in [0.1, 0.15) is 12.4 Å². The monoisotopic (exact) mass is 292 g/mol. The van der Waals surface area contributed by atoms with Crippen molar-refractivity contribution < 1.29 is 4.74 Å². The molecular formula is C18H32N2O. The molecule has 1 aromatic carbocycles. The molecular weight excluding hydrogens is 260 g/mol. The highest BCUT2D eigenvalue weighted by atomic mass is 16.5. The summed E-state index contributed by atoms with van der Waals surface area (Å²) in [5.74, 6) is 0.974. The quantitative estimate of drug-likeness (QED) is 0.630. The van der Waals surface area contributed by atoms with Gasteiger partial charge in [0.05, 0.1) is 0 Å². The van der Waals surface area contributed by atoms with Crippen molar-refractivity contribution in [3.8, 4) is 5.75 Å². The van der Waals surface area contributed by atoms with Crippen LogP contribution in [0.1, 0.15) is 45.6 Å². The predicted octanol–water partition coefficient (Wildman–Crippen LogP) is 3.69. The van der Waals surface area contributed by atoms with Crippen LogP contribution in [0.3, 0.4) is 0 Å². The van der Waals surface area contributed by atoms with Crippen molar-refractivity contribution in [2.75, 3.05) is 26.7 Å². The van der Waals surface area contributed by atoms with Crippen LogP contribution < -0.4 is 10.1 Å². The number of hydrogen-bond acceptors (Lipinski definition) is 3. The van der Waals surface area contributed by atoms with Crippen LogP contribution in [0, 0.1) is 0 Å². The molecule has 3 nitrogen and oxygen atoms in total. The zero-order valence-corrected chi connectivity index (χ0v) is 14.2. The van der Waals surface area contributed by atoms with Crippen molar-refractivity contribution in [1.82, 2.24) is 10.2 Å². The Morgan fingerprint density at radius 2 is 2.05 bits per heavy atom. The highest BCUT2D eigenvalue weighted by Crippen LogP contribution is 2.13. The lowest BCUT2D eigenvalue weighted by Gasteiger charge is -2.24. The van der Waals surface area contributed by atoms with Crippen molar-refractivity contribution in [3.05, 3.63) is 29.8 Å². The van der Waals surface area contributed by atoms with Crippen LogP contribution in [-0.4, -0.2) is 37.7 Å². The molecule has 1 N–H and O–H groups in total. The molecule has 1 unspecified atom stereocenters. The van der Waals surface area contributed by atoms with Gasteiger partial charge in [0.25, 0.3) is 0 Å². The van der Waals surface area contributed by atoms with Crippen LogP contribution in [0.15, 0.2) is 24.3 Å². The minimum absolute atomic E-state index is 0.628. The van der Waals surface area contributed by atoms with E-state index in [4.69, 9.17) is 4.74 Å². The number of hydrogen-bond donors (Lipinski definition) is 1. The lowest BCUT2D eigenvalue weighted by atomic mass is 10.2. The fourth-order valence-electron chi connectivity index (χ4n) is 2.32. The van der Waals surface area contributed by atoms with Crippen molar-refractivity contribution in [2.24, 2.45) is 0 Å². The second-order valence-electron chi connectivity index (χ2n) is 5.79. The van der Waals surface area contributed by atoms with Crippen molar-refractivity contribution >= 4 is 0 Å². The fraction of sp³-hybridized carbons (Fsp3) is 0.667. The smallest absolute Gasteiger partial charge is 0.119 e. The van der Waals surface area contributed by atoms with Gasteiger partial charge in [-0.25, -0.2) is 0 Å². The number of rotatable bonds is 11. The average Bonchev–Trinajstić information content (AvgIpc) is 2.48. The Morgan fingerprint density at radius 3 is 2.76 bits per heavy atom. The third-order valence-corrected chi connectivity index (χ3v) is 3.83. The molecule has 0 saturated heterocycles. The van der Waals surface area contributed by atoms with Gasteiger partial charge in [-0.05, 0) is 51.1 Å². The SMILES string of the molecule is CCCNCc1cccc(OCCN(C)C(C)CCC)c1. The summed E-state index contributed by atoms with van der Waals surface area (Å²) in [4.78, 5) is 2.37.